The molecule has 0 amide bonds. The van der Waals surface area contributed by atoms with Gasteiger partial charge in [0, 0.05) is 31.4 Å². The molecule has 0 spiro atoms. The number of hydrogen-bond acceptors (Lipinski definition) is 0. The summed E-state index contributed by atoms with van der Waals surface area (Å²) in [6.45, 7) is 0. The van der Waals surface area contributed by atoms with E-state index in [1.807, 2.05) is 0 Å². The molecule has 4 aliphatic carbocycles. The van der Waals surface area contributed by atoms with Gasteiger partial charge in [-0.3, -0.25) is 0 Å². The fourth-order valence-corrected chi connectivity index (χ4v) is 6.10. The maximum Gasteiger partial charge on any atom is 0.169 e. The van der Waals surface area contributed by atoms with E-state index in [9.17, 15) is 0 Å². The lowest BCUT2D eigenvalue weighted by molar-refractivity contribution is -0.776. The van der Waals surface area contributed by atoms with Crippen LogP contribution in [0.4, 0.5) is 0 Å². The molecular weight excluding hydrogens is 358 g/mol. The maximum atomic E-state index is 2.59. The third-order valence-corrected chi connectivity index (χ3v) is 6.70. The van der Waals surface area contributed by atoms with Gasteiger partial charge < -0.3 is 17.0 Å². The Morgan fingerprint density at radius 1 is 0.750 bits per heavy atom. The van der Waals surface area contributed by atoms with Gasteiger partial charge in [-0.15, -0.1) is 0 Å². The summed E-state index contributed by atoms with van der Waals surface area (Å²) >= 11 is 0. The maximum absolute atomic E-state index is 2.59. The van der Waals surface area contributed by atoms with Crippen molar-refractivity contribution >= 4 is 0 Å². The van der Waals surface area contributed by atoms with E-state index in [0.717, 1.165) is 24.2 Å². The van der Waals surface area contributed by atoms with Gasteiger partial charge in [0.05, 0.1) is 0 Å². The Labute approximate surface area is 155 Å². The first-order chi connectivity index (χ1) is 11.3. The lowest BCUT2D eigenvalue weighted by Crippen LogP contribution is -3.00. The molecule has 126 valence electrons. The quantitative estimate of drug-likeness (QED) is 0.707. The number of aromatic nitrogens is 1. The lowest BCUT2D eigenvalue weighted by Gasteiger charge is -2.53. The van der Waals surface area contributed by atoms with Crippen molar-refractivity contribution in [1.29, 1.82) is 0 Å². The highest BCUT2D eigenvalue weighted by molar-refractivity contribution is 5.23. The molecule has 2 heteroatoms. The smallest absolute Gasteiger partial charge is 0.169 e. The Balaban J connectivity index is 0.00000146. The fourth-order valence-electron chi connectivity index (χ4n) is 6.10. The molecule has 2 aromatic rings. The number of nitrogens with zero attached hydrogens (tertiary/aromatic N) is 1. The molecule has 6 rings (SSSR count). The van der Waals surface area contributed by atoms with E-state index in [0.29, 0.717) is 5.54 Å². The molecule has 4 aliphatic rings. The fraction of sp³-hybridized carbons (Fsp3) is 0.500. The van der Waals surface area contributed by atoms with Crippen LogP contribution < -0.4 is 21.5 Å². The Hall–Kier alpha value is -1.15. The minimum Gasteiger partial charge on any atom is -1.00 e. The summed E-state index contributed by atoms with van der Waals surface area (Å²) in [6.07, 6.45) is 14.7. The van der Waals surface area contributed by atoms with Crippen molar-refractivity contribution in [2.24, 2.45) is 17.8 Å². The van der Waals surface area contributed by atoms with E-state index >= 15 is 0 Å². The highest BCUT2D eigenvalue weighted by Gasteiger charge is 2.56. The van der Waals surface area contributed by atoms with Crippen LogP contribution >= 0.6 is 0 Å². The summed E-state index contributed by atoms with van der Waals surface area (Å²) < 4.78 is 2.59. The number of hydrogen-bond donors (Lipinski definition) is 0. The van der Waals surface area contributed by atoms with Crippen molar-refractivity contribution in [2.75, 3.05) is 0 Å². The van der Waals surface area contributed by atoms with E-state index < -0.39 is 0 Å². The number of pyridine rings is 1. The number of halogens is 1. The highest BCUT2D eigenvalue weighted by Crippen LogP contribution is 2.56. The van der Waals surface area contributed by atoms with E-state index in [1.54, 1.807) is 0 Å². The van der Waals surface area contributed by atoms with Crippen molar-refractivity contribution in [3.05, 3.63) is 66.0 Å². The Bertz CT molecular complexity index is 656. The van der Waals surface area contributed by atoms with Crippen LogP contribution in [0.3, 0.4) is 0 Å². The molecule has 4 saturated carbocycles. The lowest BCUT2D eigenvalue weighted by atomic mass is 9.53. The second-order valence-electron chi connectivity index (χ2n) is 8.42. The first-order valence-corrected chi connectivity index (χ1v) is 9.34. The van der Waals surface area contributed by atoms with Crippen LogP contribution in [0.2, 0.25) is 0 Å². The molecule has 1 aromatic heterocycles. The summed E-state index contributed by atoms with van der Waals surface area (Å²) in [7, 11) is 0. The van der Waals surface area contributed by atoms with Gasteiger partial charge in [0.15, 0.2) is 17.9 Å². The van der Waals surface area contributed by atoms with Gasteiger partial charge in [-0.2, -0.15) is 4.57 Å². The summed E-state index contributed by atoms with van der Waals surface area (Å²) in [5.41, 5.74) is 3.29. The molecule has 0 saturated heterocycles. The molecule has 24 heavy (non-hydrogen) atoms. The molecule has 1 aromatic carbocycles. The van der Waals surface area contributed by atoms with Crippen LogP contribution in [0, 0.1) is 17.8 Å². The van der Waals surface area contributed by atoms with Gasteiger partial charge in [0.1, 0.15) is 0 Å². The second-order valence-corrected chi connectivity index (χ2v) is 8.42. The minimum absolute atomic E-state index is 0. The zero-order chi connectivity index (χ0) is 15.3. The topological polar surface area (TPSA) is 3.88 Å². The third kappa shape index (κ3) is 2.83. The molecule has 4 fully saturated rings. The summed E-state index contributed by atoms with van der Waals surface area (Å²) in [6, 6.07) is 15.5. The van der Waals surface area contributed by atoms with Gasteiger partial charge in [0.25, 0.3) is 0 Å². The van der Waals surface area contributed by atoms with E-state index in [1.165, 1.54) is 49.7 Å². The Morgan fingerprint density at radius 3 is 1.79 bits per heavy atom. The first-order valence-electron chi connectivity index (χ1n) is 9.34. The molecule has 0 unspecified atom stereocenters. The van der Waals surface area contributed by atoms with E-state index in [-0.39, 0.29) is 17.0 Å². The number of benzene rings is 1. The molecule has 0 atom stereocenters. The van der Waals surface area contributed by atoms with Crippen LogP contribution in [-0.2, 0) is 12.0 Å². The normalized spacial score (nSPS) is 33.2. The SMILES string of the molecule is [Br-].c1ccc(Cc2cc[n+](C34CC5CC(CC(C5)C3)C4)cc2)cc1. The molecular formula is C22H26BrN. The third-order valence-electron chi connectivity index (χ3n) is 6.70. The second kappa shape index (κ2) is 6.29. The van der Waals surface area contributed by atoms with E-state index in [2.05, 4.69) is 59.4 Å². The van der Waals surface area contributed by atoms with E-state index in [4.69, 9.17) is 0 Å². The molecule has 0 aliphatic heterocycles. The first kappa shape index (κ1) is 16.3. The van der Waals surface area contributed by atoms with Gasteiger partial charge >= 0.3 is 0 Å². The summed E-state index contributed by atoms with van der Waals surface area (Å²) in [4.78, 5) is 0. The van der Waals surface area contributed by atoms with Gasteiger partial charge in [-0.1, -0.05) is 30.3 Å². The molecule has 1 heterocycles. The van der Waals surface area contributed by atoms with Crippen molar-refractivity contribution in [3.63, 3.8) is 0 Å². The van der Waals surface area contributed by atoms with Crippen molar-refractivity contribution in [1.82, 2.24) is 0 Å². The predicted octanol–water partition coefficient (Wildman–Crippen LogP) is 1.49. The van der Waals surface area contributed by atoms with Gasteiger partial charge in [0.2, 0.25) is 0 Å². The largest absolute Gasteiger partial charge is 1.00 e. The Morgan fingerprint density at radius 2 is 1.25 bits per heavy atom. The van der Waals surface area contributed by atoms with Crippen LogP contribution in [0.5, 0.6) is 0 Å². The summed E-state index contributed by atoms with van der Waals surface area (Å²) in [5, 5.41) is 0. The molecule has 0 N–H and O–H groups in total. The van der Waals surface area contributed by atoms with Crippen molar-refractivity contribution in [2.45, 2.75) is 50.5 Å². The zero-order valence-electron chi connectivity index (χ0n) is 14.2. The monoisotopic (exact) mass is 383 g/mol. The van der Waals surface area contributed by atoms with Crippen LogP contribution in [0.15, 0.2) is 54.9 Å². The molecule has 0 radical (unpaired) electrons. The van der Waals surface area contributed by atoms with Crippen molar-refractivity contribution in [3.8, 4) is 0 Å². The molecule has 4 bridgehead atoms. The number of rotatable bonds is 3. The summed E-state index contributed by atoms with van der Waals surface area (Å²) in [5.74, 6) is 3.04. The molecule has 1 nitrogen and oxygen atoms in total. The highest BCUT2D eigenvalue weighted by atomic mass is 79.9. The van der Waals surface area contributed by atoms with Crippen molar-refractivity contribution < 1.29 is 21.5 Å². The Kier molecular flexibility index (Phi) is 4.28. The van der Waals surface area contributed by atoms with Crippen LogP contribution in [0.1, 0.15) is 49.7 Å². The standard InChI is InChI=1S/C22H26N.BrH/c1-2-4-17(5-3-1)10-18-6-8-23(9-7-18)22-14-19-11-20(15-22)13-21(12-19)16-22;/h1-9,19-21H,10-16H2;1H/q+1;/p-1. The van der Waals surface area contributed by atoms with Crippen LogP contribution in [0.25, 0.3) is 0 Å². The average Bonchev–Trinajstić information content (AvgIpc) is 2.55. The minimum atomic E-state index is 0. The van der Waals surface area contributed by atoms with Gasteiger partial charge in [-0.05, 0) is 54.6 Å². The van der Waals surface area contributed by atoms with Gasteiger partial charge in [-0.25, -0.2) is 0 Å². The van der Waals surface area contributed by atoms with Crippen LogP contribution in [-0.4, -0.2) is 0 Å². The average molecular weight is 384 g/mol. The predicted molar refractivity (Wildman–Crippen MR) is 92.0 cm³/mol. The zero-order valence-corrected chi connectivity index (χ0v) is 15.8.